The van der Waals surface area contributed by atoms with Gasteiger partial charge in [-0.25, -0.2) is 4.98 Å². The molecule has 7 heteroatoms. The van der Waals surface area contributed by atoms with E-state index in [-0.39, 0.29) is 5.91 Å². The second kappa shape index (κ2) is 7.49. The Hall–Kier alpha value is -3.35. The zero-order valence-electron chi connectivity index (χ0n) is 15.0. The lowest BCUT2D eigenvalue weighted by atomic mass is 10.2. The van der Waals surface area contributed by atoms with E-state index in [0.29, 0.717) is 43.6 Å². The summed E-state index contributed by atoms with van der Waals surface area (Å²) < 4.78 is 11.1. The van der Waals surface area contributed by atoms with E-state index in [0.717, 1.165) is 11.6 Å². The first-order valence-corrected chi connectivity index (χ1v) is 8.85. The summed E-state index contributed by atoms with van der Waals surface area (Å²) in [6.45, 7) is 4.44. The molecule has 1 aromatic carbocycles. The Morgan fingerprint density at radius 2 is 1.81 bits per heavy atom. The standard InChI is InChI=1S/C20H20N4O3/c1-15-21-18(14-19(22-15)27-16-6-3-2-4-7-16)23-9-11-24(12-10-23)20(25)17-8-5-13-26-17/h2-8,13-14H,9-12H2,1H3. The fourth-order valence-electron chi connectivity index (χ4n) is 3.04. The van der Waals surface area contributed by atoms with Gasteiger partial charge in [-0.3, -0.25) is 4.79 Å². The van der Waals surface area contributed by atoms with Crippen molar-refractivity contribution in [3.05, 3.63) is 66.4 Å². The van der Waals surface area contributed by atoms with Crippen LogP contribution in [0.4, 0.5) is 5.82 Å². The number of rotatable bonds is 4. The molecular formula is C20H20N4O3. The molecule has 1 amide bonds. The van der Waals surface area contributed by atoms with Crippen molar-refractivity contribution in [1.82, 2.24) is 14.9 Å². The number of ether oxygens (including phenoxy) is 1. The normalized spacial score (nSPS) is 14.3. The lowest BCUT2D eigenvalue weighted by Gasteiger charge is -2.35. The lowest BCUT2D eigenvalue weighted by molar-refractivity contribution is 0.0714. The molecule has 2 aromatic heterocycles. The average molecular weight is 364 g/mol. The van der Waals surface area contributed by atoms with Crippen molar-refractivity contribution in [2.24, 2.45) is 0 Å². The van der Waals surface area contributed by atoms with Crippen molar-refractivity contribution in [3.63, 3.8) is 0 Å². The topological polar surface area (TPSA) is 71.7 Å². The SMILES string of the molecule is Cc1nc(Oc2ccccc2)cc(N2CCN(C(=O)c3ccco3)CC2)n1. The van der Waals surface area contributed by atoms with Crippen LogP contribution < -0.4 is 9.64 Å². The van der Waals surface area contributed by atoms with Gasteiger partial charge in [-0.1, -0.05) is 18.2 Å². The lowest BCUT2D eigenvalue weighted by Crippen LogP contribution is -2.49. The van der Waals surface area contributed by atoms with Gasteiger partial charge in [0.15, 0.2) is 5.76 Å². The average Bonchev–Trinajstić information content (AvgIpc) is 3.23. The molecule has 1 saturated heterocycles. The van der Waals surface area contributed by atoms with E-state index in [1.165, 1.54) is 6.26 Å². The number of para-hydroxylation sites is 1. The molecule has 0 bridgehead atoms. The number of nitrogens with zero attached hydrogens (tertiary/aromatic N) is 4. The Labute approximate surface area is 157 Å². The first-order chi connectivity index (χ1) is 13.2. The highest BCUT2D eigenvalue weighted by atomic mass is 16.5. The van der Waals surface area contributed by atoms with Crippen LogP contribution >= 0.6 is 0 Å². The van der Waals surface area contributed by atoms with Crippen LogP contribution in [0.15, 0.2) is 59.2 Å². The molecule has 0 unspecified atom stereocenters. The van der Waals surface area contributed by atoms with Crippen LogP contribution in [-0.4, -0.2) is 47.0 Å². The maximum Gasteiger partial charge on any atom is 0.289 e. The summed E-state index contributed by atoms with van der Waals surface area (Å²) in [6, 6.07) is 14.8. The third-order valence-corrected chi connectivity index (χ3v) is 4.39. The maximum absolute atomic E-state index is 12.4. The van der Waals surface area contributed by atoms with Crippen LogP contribution in [0.1, 0.15) is 16.4 Å². The molecule has 0 aliphatic carbocycles. The van der Waals surface area contributed by atoms with Crippen LogP contribution in [0, 0.1) is 6.92 Å². The molecule has 0 spiro atoms. The van der Waals surface area contributed by atoms with Gasteiger partial charge in [0, 0.05) is 32.2 Å². The summed E-state index contributed by atoms with van der Waals surface area (Å²) in [7, 11) is 0. The molecule has 1 aliphatic rings. The summed E-state index contributed by atoms with van der Waals surface area (Å²) >= 11 is 0. The molecule has 0 saturated carbocycles. The van der Waals surface area contributed by atoms with Crippen molar-refractivity contribution in [1.29, 1.82) is 0 Å². The number of aryl methyl sites for hydroxylation is 1. The molecule has 4 rings (SSSR count). The van der Waals surface area contributed by atoms with E-state index in [4.69, 9.17) is 9.15 Å². The van der Waals surface area contributed by atoms with E-state index in [9.17, 15) is 4.79 Å². The van der Waals surface area contributed by atoms with Gasteiger partial charge in [-0.05, 0) is 31.2 Å². The van der Waals surface area contributed by atoms with Crippen LogP contribution in [-0.2, 0) is 0 Å². The minimum atomic E-state index is -0.0772. The summed E-state index contributed by atoms with van der Waals surface area (Å²) in [5.41, 5.74) is 0. The first kappa shape index (κ1) is 17.1. The molecule has 0 radical (unpaired) electrons. The number of anilines is 1. The van der Waals surface area contributed by atoms with E-state index in [2.05, 4.69) is 14.9 Å². The van der Waals surface area contributed by atoms with Crippen LogP contribution in [0.5, 0.6) is 11.6 Å². The van der Waals surface area contributed by atoms with Crippen molar-refractivity contribution in [2.75, 3.05) is 31.1 Å². The quantitative estimate of drug-likeness (QED) is 0.708. The number of hydrogen-bond donors (Lipinski definition) is 0. The molecule has 3 heterocycles. The Balaban J connectivity index is 1.44. The third-order valence-electron chi connectivity index (χ3n) is 4.39. The van der Waals surface area contributed by atoms with Crippen molar-refractivity contribution in [3.8, 4) is 11.6 Å². The number of piperazine rings is 1. The molecule has 27 heavy (non-hydrogen) atoms. The fraction of sp³-hybridized carbons (Fsp3) is 0.250. The Kier molecular flexibility index (Phi) is 4.74. The van der Waals surface area contributed by atoms with Gasteiger partial charge in [-0.2, -0.15) is 4.98 Å². The minimum Gasteiger partial charge on any atom is -0.459 e. The number of carbonyl (C=O) groups excluding carboxylic acids is 1. The number of carbonyl (C=O) groups is 1. The molecule has 0 N–H and O–H groups in total. The van der Waals surface area contributed by atoms with Crippen LogP contribution in [0.3, 0.4) is 0 Å². The second-order valence-electron chi connectivity index (χ2n) is 6.28. The predicted octanol–water partition coefficient (Wildman–Crippen LogP) is 3.13. The van der Waals surface area contributed by atoms with Gasteiger partial charge in [0.1, 0.15) is 17.4 Å². The summed E-state index contributed by atoms with van der Waals surface area (Å²) in [6.07, 6.45) is 1.52. The highest BCUT2D eigenvalue weighted by Gasteiger charge is 2.24. The van der Waals surface area contributed by atoms with Gasteiger partial charge in [-0.15, -0.1) is 0 Å². The minimum absolute atomic E-state index is 0.0772. The number of aromatic nitrogens is 2. The molecule has 3 aromatic rings. The summed E-state index contributed by atoms with van der Waals surface area (Å²) in [5.74, 6) is 2.99. The highest BCUT2D eigenvalue weighted by molar-refractivity contribution is 5.91. The zero-order chi connectivity index (χ0) is 18.6. The fourth-order valence-corrected chi connectivity index (χ4v) is 3.04. The van der Waals surface area contributed by atoms with Crippen molar-refractivity contribution in [2.45, 2.75) is 6.92 Å². The molecule has 7 nitrogen and oxygen atoms in total. The Morgan fingerprint density at radius 3 is 2.52 bits per heavy atom. The van der Waals surface area contributed by atoms with E-state index >= 15 is 0 Å². The van der Waals surface area contributed by atoms with Gasteiger partial charge >= 0.3 is 0 Å². The van der Waals surface area contributed by atoms with E-state index in [1.807, 2.05) is 43.3 Å². The van der Waals surface area contributed by atoms with Crippen molar-refractivity contribution < 1.29 is 13.9 Å². The Bertz CT molecular complexity index is 904. The van der Waals surface area contributed by atoms with Crippen molar-refractivity contribution >= 4 is 11.7 Å². The predicted molar refractivity (Wildman–Crippen MR) is 100 cm³/mol. The second-order valence-corrected chi connectivity index (χ2v) is 6.28. The number of benzene rings is 1. The van der Waals surface area contributed by atoms with Gasteiger partial charge < -0.3 is 19.0 Å². The number of amides is 1. The van der Waals surface area contributed by atoms with Crippen LogP contribution in [0.25, 0.3) is 0 Å². The summed E-state index contributed by atoms with van der Waals surface area (Å²) in [5, 5.41) is 0. The largest absolute Gasteiger partial charge is 0.459 e. The summed E-state index contributed by atoms with van der Waals surface area (Å²) in [4.78, 5) is 25.2. The third kappa shape index (κ3) is 3.92. The van der Waals surface area contributed by atoms with Gasteiger partial charge in [0.05, 0.1) is 6.26 Å². The molecular weight excluding hydrogens is 344 g/mol. The molecule has 0 atom stereocenters. The van der Waals surface area contributed by atoms with E-state index in [1.54, 1.807) is 17.0 Å². The smallest absolute Gasteiger partial charge is 0.289 e. The Morgan fingerprint density at radius 1 is 1.04 bits per heavy atom. The molecule has 1 fully saturated rings. The zero-order valence-corrected chi connectivity index (χ0v) is 15.0. The van der Waals surface area contributed by atoms with E-state index < -0.39 is 0 Å². The number of furan rings is 1. The molecule has 1 aliphatic heterocycles. The van der Waals surface area contributed by atoms with Crippen LogP contribution in [0.2, 0.25) is 0 Å². The van der Waals surface area contributed by atoms with Gasteiger partial charge in [0.2, 0.25) is 5.88 Å². The molecule has 138 valence electrons. The maximum atomic E-state index is 12.4. The highest BCUT2D eigenvalue weighted by Crippen LogP contribution is 2.24. The number of hydrogen-bond acceptors (Lipinski definition) is 6. The first-order valence-electron chi connectivity index (χ1n) is 8.85. The van der Waals surface area contributed by atoms with Gasteiger partial charge in [0.25, 0.3) is 5.91 Å². The monoisotopic (exact) mass is 364 g/mol.